The first kappa shape index (κ1) is 14.6. The maximum atomic E-state index is 13.6. The van der Waals surface area contributed by atoms with Crippen LogP contribution in [0.4, 0.5) is 8.78 Å². The summed E-state index contributed by atoms with van der Waals surface area (Å²) in [5.41, 5.74) is -0.519. The van der Waals surface area contributed by atoms with E-state index in [9.17, 15) is 18.4 Å². The average Bonchev–Trinajstić information content (AvgIpc) is 2.35. The van der Waals surface area contributed by atoms with E-state index in [2.05, 4.69) is 25.4 Å². The van der Waals surface area contributed by atoms with Crippen molar-refractivity contribution < 1.29 is 27.8 Å². The predicted octanol–water partition coefficient (Wildman–Crippen LogP) is 2.48. The molecule has 98 valence electrons. The summed E-state index contributed by atoms with van der Waals surface area (Å²) in [6.45, 7) is 1.49. The quantitative estimate of drug-likeness (QED) is 0.370. The van der Waals surface area contributed by atoms with E-state index in [1.807, 2.05) is 0 Å². The van der Waals surface area contributed by atoms with Crippen molar-refractivity contribution in [3.63, 3.8) is 0 Å². The van der Waals surface area contributed by atoms with Crippen molar-refractivity contribution in [2.24, 2.45) is 0 Å². The van der Waals surface area contributed by atoms with E-state index < -0.39 is 39.2 Å². The SMILES string of the molecule is CCOC(=O)C(=O)c1cc(F)c(Br)c(F)c1OC. The summed E-state index contributed by atoms with van der Waals surface area (Å²) < 4.78 is 35.6. The second-order valence-electron chi connectivity index (χ2n) is 3.12. The van der Waals surface area contributed by atoms with Crippen LogP contribution in [0.5, 0.6) is 5.75 Å². The van der Waals surface area contributed by atoms with Gasteiger partial charge in [0.2, 0.25) is 0 Å². The number of hydrogen-bond donors (Lipinski definition) is 0. The number of ketones is 1. The molecule has 0 radical (unpaired) electrons. The van der Waals surface area contributed by atoms with Crippen molar-refractivity contribution in [3.05, 3.63) is 27.7 Å². The van der Waals surface area contributed by atoms with E-state index in [0.29, 0.717) is 6.07 Å². The smallest absolute Gasteiger partial charge is 0.379 e. The molecule has 0 bridgehead atoms. The maximum absolute atomic E-state index is 13.6. The Kier molecular flexibility index (Phi) is 4.77. The molecule has 0 unspecified atom stereocenters. The van der Waals surface area contributed by atoms with Crippen LogP contribution in [-0.2, 0) is 9.53 Å². The largest absolute Gasteiger partial charge is 0.493 e. The number of ether oxygens (including phenoxy) is 2. The lowest BCUT2D eigenvalue weighted by Crippen LogP contribution is -2.19. The zero-order valence-electron chi connectivity index (χ0n) is 9.55. The summed E-state index contributed by atoms with van der Waals surface area (Å²) in [6.07, 6.45) is 0. The number of hydrogen-bond acceptors (Lipinski definition) is 4. The molecule has 0 heterocycles. The standard InChI is InChI=1S/C11H9BrF2O4/c1-3-18-11(16)9(15)5-4-6(13)7(12)8(14)10(5)17-2/h4H,3H2,1-2H3. The molecule has 7 heteroatoms. The van der Waals surface area contributed by atoms with E-state index in [4.69, 9.17) is 0 Å². The fourth-order valence-corrected chi connectivity index (χ4v) is 1.55. The third-order valence-corrected chi connectivity index (χ3v) is 2.75. The fourth-order valence-electron chi connectivity index (χ4n) is 1.25. The summed E-state index contributed by atoms with van der Waals surface area (Å²) in [6, 6.07) is 0.714. The van der Waals surface area contributed by atoms with Gasteiger partial charge in [-0.3, -0.25) is 4.79 Å². The van der Waals surface area contributed by atoms with Gasteiger partial charge < -0.3 is 9.47 Å². The number of Topliss-reactive ketones (excluding diaryl/α,β-unsaturated/α-hetero) is 1. The molecule has 0 saturated carbocycles. The first-order chi connectivity index (χ1) is 8.43. The molecule has 0 aliphatic heterocycles. The van der Waals surface area contributed by atoms with Gasteiger partial charge in [0.1, 0.15) is 5.82 Å². The summed E-state index contributed by atoms with van der Waals surface area (Å²) in [7, 11) is 1.10. The number of rotatable bonds is 4. The third kappa shape index (κ3) is 2.66. The highest BCUT2D eigenvalue weighted by atomic mass is 79.9. The minimum Gasteiger partial charge on any atom is -0.493 e. The van der Waals surface area contributed by atoms with E-state index in [1.54, 1.807) is 0 Å². The molecule has 4 nitrogen and oxygen atoms in total. The molecule has 0 saturated heterocycles. The van der Waals surface area contributed by atoms with Crippen molar-refractivity contribution in [3.8, 4) is 5.75 Å². The Morgan fingerprint density at radius 2 is 2.00 bits per heavy atom. The molecule has 1 rings (SSSR count). The second kappa shape index (κ2) is 5.90. The Bertz CT molecular complexity index is 502. The molecule has 0 atom stereocenters. The van der Waals surface area contributed by atoms with Crippen LogP contribution in [0.1, 0.15) is 17.3 Å². The predicted molar refractivity (Wildman–Crippen MR) is 61.6 cm³/mol. The van der Waals surface area contributed by atoms with Gasteiger partial charge in [0.15, 0.2) is 11.6 Å². The van der Waals surface area contributed by atoms with Crippen molar-refractivity contribution in [2.75, 3.05) is 13.7 Å². The van der Waals surface area contributed by atoms with Gasteiger partial charge >= 0.3 is 5.97 Å². The summed E-state index contributed by atoms with van der Waals surface area (Å²) in [5.74, 6) is -4.98. The molecule has 1 aromatic carbocycles. The van der Waals surface area contributed by atoms with Crippen LogP contribution in [0.3, 0.4) is 0 Å². The number of carbonyl (C=O) groups is 2. The summed E-state index contributed by atoms with van der Waals surface area (Å²) >= 11 is 2.66. The zero-order chi connectivity index (χ0) is 13.9. The van der Waals surface area contributed by atoms with Crippen LogP contribution in [-0.4, -0.2) is 25.5 Å². The summed E-state index contributed by atoms with van der Waals surface area (Å²) in [5, 5.41) is 0. The van der Waals surface area contributed by atoms with Crippen molar-refractivity contribution in [1.82, 2.24) is 0 Å². The van der Waals surface area contributed by atoms with Gasteiger partial charge in [-0.2, -0.15) is 0 Å². The van der Waals surface area contributed by atoms with Gasteiger partial charge in [0.05, 0.1) is 23.8 Å². The van der Waals surface area contributed by atoms with Crippen LogP contribution < -0.4 is 4.74 Å². The topological polar surface area (TPSA) is 52.6 Å². The monoisotopic (exact) mass is 322 g/mol. The number of esters is 1. The Labute approximate surface area is 110 Å². The second-order valence-corrected chi connectivity index (χ2v) is 3.91. The first-order valence-electron chi connectivity index (χ1n) is 4.86. The molecule has 1 aromatic rings. The average molecular weight is 323 g/mol. The highest BCUT2D eigenvalue weighted by molar-refractivity contribution is 9.10. The van der Waals surface area contributed by atoms with Crippen LogP contribution in [0, 0.1) is 11.6 Å². The Morgan fingerprint density at radius 3 is 2.50 bits per heavy atom. The van der Waals surface area contributed by atoms with Gasteiger partial charge in [-0.25, -0.2) is 13.6 Å². The lowest BCUT2D eigenvalue weighted by molar-refractivity contribution is -0.137. The van der Waals surface area contributed by atoms with Crippen LogP contribution in [0.15, 0.2) is 10.5 Å². The van der Waals surface area contributed by atoms with Gasteiger partial charge in [0.25, 0.3) is 5.78 Å². The van der Waals surface area contributed by atoms with Crippen LogP contribution >= 0.6 is 15.9 Å². The van der Waals surface area contributed by atoms with Gasteiger partial charge in [-0.1, -0.05) is 0 Å². The van der Waals surface area contributed by atoms with E-state index >= 15 is 0 Å². The highest BCUT2D eigenvalue weighted by Gasteiger charge is 2.27. The minimum absolute atomic E-state index is 0.0195. The lowest BCUT2D eigenvalue weighted by atomic mass is 10.1. The Balaban J connectivity index is 3.32. The maximum Gasteiger partial charge on any atom is 0.379 e. The molecule has 0 aliphatic carbocycles. The molecule has 0 fully saturated rings. The molecular formula is C11H9BrF2O4. The normalized spacial score (nSPS) is 10.1. The molecule has 0 N–H and O–H groups in total. The van der Waals surface area contributed by atoms with E-state index in [0.717, 1.165) is 7.11 Å². The number of carbonyl (C=O) groups excluding carboxylic acids is 2. The molecule has 18 heavy (non-hydrogen) atoms. The lowest BCUT2D eigenvalue weighted by Gasteiger charge is -2.10. The van der Waals surface area contributed by atoms with Gasteiger partial charge in [-0.05, 0) is 28.9 Å². The van der Waals surface area contributed by atoms with Gasteiger partial charge in [0, 0.05) is 0 Å². The fraction of sp³-hybridized carbons (Fsp3) is 0.273. The van der Waals surface area contributed by atoms with Crippen molar-refractivity contribution in [2.45, 2.75) is 6.92 Å². The van der Waals surface area contributed by atoms with Crippen molar-refractivity contribution in [1.29, 1.82) is 0 Å². The van der Waals surface area contributed by atoms with E-state index in [-0.39, 0.29) is 6.61 Å². The number of methoxy groups -OCH3 is 1. The third-order valence-electron chi connectivity index (χ3n) is 2.03. The van der Waals surface area contributed by atoms with Crippen LogP contribution in [0.2, 0.25) is 0 Å². The van der Waals surface area contributed by atoms with Crippen molar-refractivity contribution >= 4 is 27.7 Å². The number of halogens is 3. The molecular weight excluding hydrogens is 314 g/mol. The highest BCUT2D eigenvalue weighted by Crippen LogP contribution is 2.31. The zero-order valence-corrected chi connectivity index (χ0v) is 11.1. The molecule has 0 spiro atoms. The van der Waals surface area contributed by atoms with Gasteiger partial charge in [-0.15, -0.1) is 0 Å². The minimum atomic E-state index is -1.20. The Morgan fingerprint density at radius 1 is 1.39 bits per heavy atom. The molecule has 0 aliphatic rings. The summed E-state index contributed by atoms with van der Waals surface area (Å²) in [4.78, 5) is 22.9. The molecule has 0 aromatic heterocycles. The Hall–Kier alpha value is -1.50. The number of benzene rings is 1. The molecule has 0 amide bonds. The van der Waals surface area contributed by atoms with E-state index in [1.165, 1.54) is 6.92 Å². The van der Waals surface area contributed by atoms with Crippen LogP contribution in [0.25, 0.3) is 0 Å². The first-order valence-corrected chi connectivity index (χ1v) is 5.66.